The number of anilines is 1. The van der Waals surface area contributed by atoms with Gasteiger partial charge in [-0.2, -0.15) is 0 Å². The molecule has 0 spiro atoms. The van der Waals surface area contributed by atoms with Crippen molar-refractivity contribution in [2.75, 3.05) is 12.0 Å². The predicted molar refractivity (Wildman–Crippen MR) is 63.4 cm³/mol. The average molecular weight is 220 g/mol. The zero-order valence-corrected chi connectivity index (χ0v) is 9.24. The van der Waals surface area contributed by atoms with Gasteiger partial charge in [0.1, 0.15) is 5.69 Å². The summed E-state index contributed by atoms with van der Waals surface area (Å²) in [5.74, 6) is 1.35. The van der Waals surface area contributed by atoms with E-state index in [-0.39, 0.29) is 0 Å². The Hall–Kier alpha value is -1.49. The van der Waals surface area contributed by atoms with Gasteiger partial charge in [-0.05, 0) is 6.26 Å². The van der Waals surface area contributed by atoms with Crippen LogP contribution in [-0.4, -0.2) is 21.2 Å². The van der Waals surface area contributed by atoms with Crippen molar-refractivity contribution in [3.63, 3.8) is 0 Å². The molecule has 1 heterocycles. The maximum atomic E-state index is 5.95. The van der Waals surface area contributed by atoms with Crippen molar-refractivity contribution in [3.05, 3.63) is 30.3 Å². The van der Waals surface area contributed by atoms with E-state index in [1.165, 1.54) is 0 Å². The number of nitrogens with zero attached hydrogens (tertiary/aromatic N) is 3. The molecule has 2 N–H and O–H groups in total. The highest BCUT2D eigenvalue weighted by molar-refractivity contribution is 7.97. The largest absolute Gasteiger partial charge is 0.382 e. The van der Waals surface area contributed by atoms with Gasteiger partial charge in [-0.25, -0.2) is 4.68 Å². The third kappa shape index (κ3) is 1.97. The maximum absolute atomic E-state index is 5.95. The van der Waals surface area contributed by atoms with Crippen LogP contribution < -0.4 is 5.73 Å². The molecule has 4 nitrogen and oxygen atoms in total. The minimum absolute atomic E-state index is 0.621. The third-order valence-electron chi connectivity index (χ3n) is 2.07. The molecule has 5 heteroatoms. The quantitative estimate of drug-likeness (QED) is 0.857. The molecular weight excluding hydrogens is 208 g/mol. The SMILES string of the molecule is CSCn1nnc(-c2ccccc2)c1N. The molecule has 0 atom stereocenters. The molecule has 0 aliphatic rings. The second kappa shape index (κ2) is 4.35. The van der Waals surface area contributed by atoms with Gasteiger partial charge < -0.3 is 5.73 Å². The van der Waals surface area contributed by atoms with Crippen LogP contribution in [-0.2, 0) is 5.88 Å². The summed E-state index contributed by atoms with van der Waals surface area (Å²) in [6.07, 6.45) is 2.00. The Kier molecular flexibility index (Phi) is 2.91. The summed E-state index contributed by atoms with van der Waals surface area (Å²) in [5.41, 5.74) is 7.70. The van der Waals surface area contributed by atoms with Crippen molar-refractivity contribution in [1.82, 2.24) is 15.0 Å². The van der Waals surface area contributed by atoms with Crippen LogP contribution in [0.25, 0.3) is 11.3 Å². The highest BCUT2D eigenvalue weighted by Gasteiger charge is 2.10. The topological polar surface area (TPSA) is 56.7 Å². The summed E-state index contributed by atoms with van der Waals surface area (Å²) < 4.78 is 1.70. The molecule has 2 aromatic rings. The lowest BCUT2D eigenvalue weighted by molar-refractivity contribution is 0.711. The normalized spacial score (nSPS) is 10.5. The summed E-state index contributed by atoms with van der Waals surface area (Å²) >= 11 is 1.66. The second-order valence-corrected chi connectivity index (χ2v) is 3.94. The van der Waals surface area contributed by atoms with E-state index in [1.54, 1.807) is 16.4 Å². The number of rotatable bonds is 3. The standard InChI is InChI=1S/C10H12N4S/c1-15-7-14-10(11)9(12-13-14)8-5-3-2-4-6-8/h2-6H,7,11H2,1H3. The first kappa shape index (κ1) is 10.0. The summed E-state index contributed by atoms with van der Waals surface area (Å²) in [7, 11) is 0. The monoisotopic (exact) mass is 220 g/mol. The number of hydrogen-bond acceptors (Lipinski definition) is 4. The van der Waals surface area contributed by atoms with Crippen molar-refractivity contribution in [1.29, 1.82) is 0 Å². The van der Waals surface area contributed by atoms with E-state index in [1.807, 2.05) is 36.6 Å². The zero-order chi connectivity index (χ0) is 10.7. The number of aromatic nitrogens is 3. The first-order valence-corrected chi connectivity index (χ1v) is 5.95. The molecule has 78 valence electrons. The van der Waals surface area contributed by atoms with Gasteiger partial charge in [-0.1, -0.05) is 35.5 Å². The van der Waals surface area contributed by atoms with E-state index >= 15 is 0 Å². The molecule has 0 aliphatic carbocycles. The van der Waals surface area contributed by atoms with Crippen molar-refractivity contribution in [2.24, 2.45) is 0 Å². The van der Waals surface area contributed by atoms with Crippen LogP contribution in [0.4, 0.5) is 5.82 Å². The Morgan fingerprint density at radius 2 is 2.07 bits per heavy atom. The van der Waals surface area contributed by atoms with Crippen molar-refractivity contribution in [3.8, 4) is 11.3 Å². The zero-order valence-electron chi connectivity index (χ0n) is 8.42. The molecule has 0 unspecified atom stereocenters. The Bertz CT molecular complexity index is 438. The van der Waals surface area contributed by atoms with E-state index in [4.69, 9.17) is 5.73 Å². The molecule has 0 saturated heterocycles. The molecule has 1 aromatic carbocycles. The van der Waals surface area contributed by atoms with Crippen LogP contribution >= 0.6 is 11.8 Å². The van der Waals surface area contributed by atoms with Crippen LogP contribution in [0.1, 0.15) is 0 Å². The third-order valence-corrected chi connectivity index (χ3v) is 2.57. The second-order valence-electron chi connectivity index (χ2n) is 3.11. The first-order chi connectivity index (χ1) is 7.33. The van der Waals surface area contributed by atoms with Crippen LogP contribution in [0.15, 0.2) is 30.3 Å². The summed E-state index contributed by atoms with van der Waals surface area (Å²) in [5, 5.41) is 8.08. The molecular formula is C10H12N4S. The molecule has 0 fully saturated rings. The Morgan fingerprint density at radius 1 is 1.33 bits per heavy atom. The Labute approximate surface area is 92.5 Å². The van der Waals surface area contributed by atoms with E-state index in [2.05, 4.69) is 10.3 Å². The average Bonchev–Trinajstić information content (AvgIpc) is 2.63. The van der Waals surface area contributed by atoms with Crippen LogP contribution in [0, 0.1) is 0 Å². The van der Waals surface area contributed by atoms with Crippen LogP contribution in [0.3, 0.4) is 0 Å². The smallest absolute Gasteiger partial charge is 0.151 e. The summed E-state index contributed by atoms with van der Waals surface area (Å²) in [6, 6.07) is 9.84. The maximum Gasteiger partial charge on any atom is 0.151 e. The van der Waals surface area contributed by atoms with Gasteiger partial charge in [0.2, 0.25) is 0 Å². The number of thioether (sulfide) groups is 1. The fraction of sp³-hybridized carbons (Fsp3) is 0.200. The van der Waals surface area contributed by atoms with E-state index in [0.717, 1.165) is 17.1 Å². The van der Waals surface area contributed by atoms with E-state index in [9.17, 15) is 0 Å². The Morgan fingerprint density at radius 3 is 2.73 bits per heavy atom. The van der Waals surface area contributed by atoms with E-state index in [0.29, 0.717) is 5.82 Å². The summed E-state index contributed by atoms with van der Waals surface area (Å²) in [4.78, 5) is 0. The van der Waals surface area contributed by atoms with Gasteiger partial charge in [-0.3, -0.25) is 0 Å². The number of hydrogen-bond donors (Lipinski definition) is 1. The van der Waals surface area contributed by atoms with E-state index < -0.39 is 0 Å². The van der Waals surface area contributed by atoms with Gasteiger partial charge >= 0.3 is 0 Å². The number of nitrogen functional groups attached to an aromatic ring is 1. The van der Waals surface area contributed by atoms with Crippen molar-refractivity contribution >= 4 is 17.6 Å². The van der Waals surface area contributed by atoms with Gasteiger partial charge in [-0.15, -0.1) is 16.9 Å². The highest BCUT2D eigenvalue weighted by atomic mass is 32.2. The predicted octanol–water partition coefficient (Wildman–Crippen LogP) is 1.85. The number of benzene rings is 1. The highest BCUT2D eigenvalue weighted by Crippen LogP contribution is 2.22. The Balaban J connectivity index is 2.38. The minimum Gasteiger partial charge on any atom is -0.382 e. The van der Waals surface area contributed by atoms with Gasteiger partial charge in [0, 0.05) is 5.56 Å². The van der Waals surface area contributed by atoms with Gasteiger partial charge in [0.25, 0.3) is 0 Å². The lowest BCUT2D eigenvalue weighted by Gasteiger charge is -2.00. The first-order valence-electron chi connectivity index (χ1n) is 4.56. The van der Waals surface area contributed by atoms with Crippen LogP contribution in [0.5, 0.6) is 0 Å². The molecule has 0 bridgehead atoms. The molecule has 0 aliphatic heterocycles. The minimum atomic E-state index is 0.621. The van der Waals surface area contributed by atoms with Crippen molar-refractivity contribution < 1.29 is 0 Å². The van der Waals surface area contributed by atoms with Gasteiger partial charge in [0.15, 0.2) is 5.82 Å². The van der Waals surface area contributed by atoms with Crippen LogP contribution in [0.2, 0.25) is 0 Å². The lowest BCUT2D eigenvalue weighted by Crippen LogP contribution is -2.02. The number of nitrogens with two attached hydrogens (primary N) is 1. The molecule has 0 radical (unpaired) electrons. The van der Waals surface area contributed by atoms with Crippen molar-refractivity contribution in [2.45, 2.75) is 5.88 Å². The molecule has 15 heavy (non-hydrogen) atoms. The molecule has 2 rings (SSSR count). The summed E-state index contributed by atoms with van der Waals surface area (Å²) in [6.45, 7) is 0. The molecule has 1 aromatic heterocycles. The fourth-order valence-corrected chi connectivity index (χ4v) is 1.77. The molecule has 0 saturated carbocycles. The lowest BCUT2D eigenvalue weighted by atomic mass is 10.1. The fourth-order valence-electron chi connectivity index (χ4n) is 1.34. The van der Waals surface area contributed by atoms with Gasteiger partial charge in [0.05, 0.1) is 5.88 Å². The molecule has 0 amide bonds.